The maximum atomic E-state index is 12.7. The summed E-state index contributed by atoms with van der Waals surface area (Å²) in [6.45, 7) is 8.87. The highest BCUT2D eigenvalue weighted by Gasteiger charge is 2.38. The molecule has 31 heavy (non-hydrogen) atoms. The fraction of sp³-hybridized carbons (Fsp3) is 0.440. The minimum Gasteiger partial charge on any atom is -0.456 e. The van der Waals surface area contributed by atoms with E-state index in [0.717, 1.165) is 30.4 Å². The highest BCUT2D eigenvalue weighted by Crippen LogP contribution is 2.45. The molecular formula is C25H29N3O3. The molecule has 1 fully saturated rings. The van der Waals surface area contributed by atoms with E-state index in [2.05, 4.69) is 23.8 Å². The molecule has 0 bridgehead atoms. The van der Waals surface area contributed by atoms with Gasteiger partial charge in [0.2, 0.25) is 0 Å². The van der Waals surface area contributed by atoms with Gasteiger partial charge in [0.05, 0.1) is 12.7 Å². The van der Waals surface area contributed by atoms with Crippen LogP contribution in [0.1, 0.15) is 50.8 Å². The number of allylic oxidation sites excluding steroid dienone is 2. The average Bonchev–Trinajstić information content (AvgIpc) is 3.28. The number of hydrogen-bond acceptors (Lipinski definition) is 5. The number of aromatic nitrogens is 3. The Morgan fingerprint density at radius 3 is 2.77 bits per heavy atom. The molecule has 0 radical (unpaired) electrons. The fourth-order valence-corrected chi connectivity index (χ4v) is 4.76. The summed E-state index contributed by atoms with van der Waals surface area (Å²) >= 11 is 0. The molecule has 1 heterocycles. The molecule has 2 aliphatic carbocycles. The standard InChI is InChI=1S/C25H29N3O3/c1-16-9-10-20(11-23-18(3)24(29)12-22(16)23)17(2)25(30)31-15-21-14-28(27-26-21)13-19-7-5-4-6-8-19/h4-8,14,16,20,22H,2,9-13,15H2,1,3H3/t16-,20+,22-/m0/s1. The van der Waals surface area contributed by atoms with Crippen LogP contribution in [-0.4, -0.2) is 26.7 Å². The Morgan fingerprint density at radius 1 is 1.23 bits per heavy atom. The molecular weight excluding hydrogens is 390 g/mol. The van der Waals surface area contributed by atoms with E-state index in [1.54, 1.807) is 10.9 Å². The minimum absolute atomic E-state index is 0.0181. The Morgan fingerprint density at radius 2 is 2.00 bits per heavy atom. The summed E-state index contributed by atoms with van der Waals surface area (Å²) in [5, 5.41) is 8.22. The van der Waals surface area contributed by atoms with Crippen molar-refractivity contribution >= 4 is 11.8 Å². The van der Waals surface area contributed by atoms with E-state index in [1.165, 1.54) is 5.57 Å². The zero-order valence-electron chi connectivity index (χ0n) is 18.2. The van der Waals surface area contributed by atoms with Gasteiger partial charge in [-0.1, -0.05) is 54.6 Å². The topological polar surface area (TPSA) is 74.1 Å². The molecule has 1 aromatic heterocycles. The van der Waals surface area contributed by atoms with Crippen molar-refractivity contribution in [1.29, 1.82) is 0 Å². The third-order valence-electron chi connectivity index (χ3n) is 6.76. The predicted octanol–water partition coefficient (Wildman–Crippen LogP) is 4.27. The van der Waals surface area contributed by atoms with Gasteiger partial charge in [-0.3, -0.25) is 4.79 Å². The third-order valence-corrected chi connectivity index (χ3v) is 6.76. The van der Waals surface area contributed by atoms with Crippen LogP contribution in [0.4, 0.5) is 0 Å². The van der Waals surface area contributed by atoms with E-state index in [4.69, 9.17) is 4.74 Å². The minimum atomic E-state index is -0.392. The molecule has 162 valence electrons. The fourth-order valence-electron chi connectivity index (χ4n) is 4.76. The number of nitrogens with zero attached hydrogens (tertiary/aromatic N) is 3. The number of ketones is 1. The summed E-state index contributed by atoms with van der Waals surface area (Å²) in [5.41, 5.74) is 4.33. The van der Waals surface area contributed by atoms with Crippen molar-refractivity contribution < 1.29 is 14.3 Å². The van der Waals surface area contributed by atoms with Crippen LogP contribution in [0.25, 0.3) is 0 Å². The number of benzene rings is 1. The van der Waals surface area contributed by atoms with Crippen molar-refractivity contribution in [3.63, 3.8) is 0 Å². The average molecular weight is 420 g/mol. The normalized spacial score (nSPS) is 23.4. The Balaban J connectivity index is 1.35. The maximum absolute atomic E-state index is 12.7. The highest BCUT2D eigenvalue weighted by molar-refractivity contribution is 5.98. The number of Topliss-reactive ketones (excluding diaryl/α,β-unsaturated/α-hetero) is 1. The van der Waals surface area contributed by atoms with Gasteiger partial charge in [0.15, 0.2) is 5.78 Å². The largest absolute Gasteiger partial charge is 0.456 e. The van der Waals surface area contributed by atoms with Crippen LogP contribution in [0.3, 0.4) is 0 Å². The van der Waals surface area contributed by atoms with E-state index in [1.807, 2.05) is 37.3 Å². The van der Waals surface area contributed by atoms with Crippen LogP contribution in [0.5, 0.6) is 0 Å². The van der Waals surface area contributed by atoms with Gasteiger partial charge in [0.25, 0.3) is 0 Å². The van der Waals surface area contributed by atoms with Gasteiger partial charge in [-0.2, -0.15) is 0 Å². The molecule has 0 unspecified atom stereocenters. The summed E-state index contributed by atoms with van der Waals surface area (Å²) in [6, 6.07) is 9.99. The number of rotatable bonds is 6. The molecule has 0 spiro atoms. The Kier molecular flexibility index (Phi) is 6.16. The number of carbonyl (C=O) groups is 2. The van der Waals surface area contributed by atoms with Gasteiger partial charge in [-0.25, -0.2) is 9.48 Å². The number of carbonyl (C=O) groups excluding carboxylic acids is 2. The summed E-state index contributed by atoms with van der Waals surface area (Å²) in [6.07, 6.45) is 5.01. The Hall–Kier alpha value is -3.02. The molecule has 4 rings (SSSR count). The lowest BCUT2D eigenvalue weighted by Gasteiger charge is -2.18. The Labute approximate surface area is 183 Å². The van der Waals surface area contributed by atoms with Gasteiger partial charge in [0, 0.05) is 12.0 Å². The van der Waals surface area contributed by atoms with Crippen LogP contribution in [0.15, 0.2) is 59.8 Å². The second-order valence-electron chi connectivity index (χ2n) is 8.83. The third kappa shape index (κ3) is 4.68. The van der Waals surface area contributed by atoms with Crippen LogP contribution in [-0.2, 0) is 27.5 Å². The zero-order chi connectivity index (χ0) is 22.0. The first kappa shape index (κ1) is 21.2. The van der Waals surface area contributed by atoms with Gasteiger partial charge in [0.1, 0.15) is 12.3 Å². The van der Waals surface area contributed by atoms with Crippen molar-refractivity contribution in [2.45, 2.75) is 52.7 Å². The smallest absolute Gasteiger partial charge is 0.334 e. The predicted molar refractivity (Wildman–Crippen MR) is 117 cm³/mol. The van der Waals surface area contributed by atoms with Gasteiger partial charge >= 0.3 is 5.97 Å². The number of esters is 1. The molecule has 3 atom stereocenters. The summed E-state index contributed by atoms with van der Waals surface area (Å²) in [7, 11) is 0. The molecule has 6 heteroatoms. The molecule has 0 aliphatic heterocycles. The lowest BCUT2D eigenvalue weighted by Crippen LogP contribution is -2.16. The molecule has 2 aliphatic rings. The van der Waals surface area contributed by atoms with Gasteiger partial charge in [-0.05, 0) is 55.1 Å². The summed E-state index contributed by atoms with van der Waals surface area (Å²) < 4.78 is 7.22. The van der Waals surface area contributed by atoms with E-state index in [-0.39, 0.29) is 18.3 Å². The zero-order valence-corrected chi connectivity index (χ0v) is 18.2. The second kappa shape index (κ2) is 9.00. The molecule has 1 aromatic carbocycles. The maximum Gasteiger partial charge on any atom is 0.334 e. The van der Waals surface area contributed by atoms with Crippen LogP contribution < -0.4 is 0 Å². The molecule has 2 aromatic rings. The number of fused-ring (bicyclic) bond motifs is 1. The SMILES string of the molecule is C=C(C(=O)OCc1cn(Cc2ccccc2)nn1)[C@@H]1CC[C@H](C)[C@@H]2CC(=O)C(C)=C2C1. The van der Waals surface area contributed by atoms with E-state index in [9.17, 15) is 9.59 Å². The molecule has 1 saturated carbocycles. The van der Waals surface area contributed by atoms with Gasteiger partial charge < -0.3 is 4.74 Å². The number of ether oxygens (including phenoxy) is 1. The lowest BCUT2D eigenvalue weighted by atomic mass is 9.86. The molecule has 0 saturated heterocycles. The van der Waals surface area contributed by atoms with Crippen molar-refractivity contribution in [2.24, 2.45) is 17.8 Å². The quantitative estimate of drug-likeness (QED) is 0.516. The monoisotopic (exact) mass is 419 g/mol. The van der Waals surface area contributed by atoms with Crippen molar-refractivity contribution in [3.05, 3.63) is 71.1 Å². The second-order valence-corrected chi connectivity index (χ2v) is 8.83. The van der Waals surface area contributed by atoms with E-state index in [0.29, 0.717) is 36.1 Å². The number of hydrogen-bond donors (Lipinski definition) is 0. The first-order chi connectivity index (χ1) is 14.9. The molecule has 6 nitrogen and oxygen atoms in total. The first-order valence-electron chi connectivity index (χ1n) is 10.9. The summed E-state index contributed by atoms with van der Waals surface area (Å²) in [5.74, 6) is 0.644. The summed E-state index contributed by atoms with van der Waals surface area (Å²) in [4.78, 5) is 24.9. The molecule has 0 N–H and O–H groups in total. The van der Waals surface area contributed by atoms with E-state index < -0.39 is 5.97 Å². The van der Waals surface area contributed by atoms with Crippen molar-refractivity contribution in [1.82, 2.24) is 15.0 Å². The lowest BCUT2D eigenvalue weighted by molar-refractivity contribution is -0.141. The highest BCUT2D eigenvalue weighted by atomic mass is 16.5. The van der Waals surface area contributed by atoms with Crippen LogP contribution >= 0.6 is 0 Å². The Bertz CT molecular complexity index is 1020. The van der Waals surface area contributed by atoms with Gasteiger partial charge in [-0.15, -0.1) is 5.10 Å². The van der Waals surface area contributed by atoms with E-state index >= 15 is 0 Å². The van der Waals surface area contributed by atoms with Crippen molar-refractivity contribution in [2.75, 3.05) is 0 Å². The van der Waals surface area contributed by atoms with Crippen molar-refractivity contribution in [3.8, 4) is 0 Å². The van der Waals surface area contributed by atoms with Crippen LogP contribution in [0, 0.1) is 17.8 Å². The van der Waals surface area contributed by atoms with Crippen LogP contribution in [0.2, 0.25) is 0 Å². The molecule has 0 amide bonds. The first-order valence-corrected chi connectivity index (χ1v) is 10.9.